The third kappa shape index (κ3) is 5.72. The summed E-state index contributed by atoms with van der Waals surface area (Å²) in [6.45, 7) is 6.77. The predicted octanol–water partition coefficient (Wildman–Crippen LogP) is 3.55. The van der Waals surface area contributed by atoms with Gasteiger partial charge < -0.3 is 10.2 Å². The van der Waals surface area contributed by atoms with Gasteiger partial charge in [-0.3, -0.25) is 9.69 Å². The zero-order chi connectivity index (χ0) is 21.0. The van der Waals surface area contributed by atoms with Crippen LogP contribution >= 0.6 is 20.8 Å². The van der Waals surface area contributed by atoms with Crippen molar-refractivity contribution in [1.29, 1.82) is 0 Å². The summed E-state index contributed by atoms with van der Waals surface area (Å²) in [5, 5.41) is 5.07. The lowest BCUT2D eigenvalue weighted by molar-refractivity contribution is -0.153. The van der Waals surface area contributed by atoms with E-state index in [4.69, 9.17) is 11.6 Å². The van der Waals surface area contributed by atoms with E-state index in [0.29, 0.717) is 18.5 Å². The fraction of sp³-hybridized carbons (Fsp3) is 0.435. The minimum absolute atomic E-state index is 0.234. The third-order valence-electron chi connectivity index (χ3n) is 5.64. The van der Waals surface area contributed by atoms with E-state index in [0.717, 1.165) is 42.4 Å². The molecule has 0 aliphatic carbocycles. The molecule has 3 atom stereocenters. The molecule has 1 amide bonds. The van der Waals surface area contributed by atoms with Gasteiger partial charge in [0.25, 0.3) is 0 Å². The maximum atomic E-state index is 12.7. The first-order chi connectivity index (χ1) is 13.9. The Bertz CT molecular complexity index is 815. The van der Waals surface area contributed by atoms with Crippen molar-refractivity contribution in [2.75, 3.05) is 20.1 Å². The topological polar surface area (TPSA) is 35.6 Å². The van der Waals surface area contributed by atoms with Gasteiger partial charge in [-0.1, -0.05) is 48.0 Å². The van der Waals surface area contributed by atoms with Crippen molar-refractivity contribution in [1.82, 2.24) is 15.1 Å². The van der Waals surface area contributed by atoms with Crippen LogP contribution in [0.2, 0.25) is 0 Å². The van der Waals surface area contributed by atoms with Gasteiger partial charge in [-0.05, 0) is 42.8 Å². The first kappa shape index (κ1) is 22.1. The van der Waals surface area contributed by atoms with Crippen LogP contribution in [0.4, 0.5) is 0 Å². The Morgan fingerprint density at radius 3 is 2.48 bits per heavy atom. The maximum Gasteiger partial charge on any atom is 0.226 e. The molecule has 3 fully saturated rings. The van der Waals surface area contributed by atoms with Gasteiger partial charge in [0.05, 0.1) is 0 Å². The van der Waals surface area contributed by atoms with Crippen LogP contribution in [0.5, 0.6) is 0 Å². The fourth-order valence-corrected chi connectivity index (χ4v) is 4.53. The average Bonchev–Trinajstić information content (AvgIpc) is 2.67. The van der Waals surface area contributed by atoms with Crippen molar-refractivity contribution in [2.24, 2.45) is 0 Å². The smallest absolute Gasteiger partial charge is 0.226 e. The zero-order valence-electron chi connectivity index (χ0n) is 17.5. The van der Waals surface area contributed by atoms with Crippen LogP contribution in [-0.2, 0) is 11.3 Å². The number of carbonyl (C=O) groups excluding carboxylic acids is 1. The highest BCUT2D eigenvalue weighted by molar-refractivity contribution is 7.27. The molecule has 4 rings (SSSR count). The number of nitrogens with zero attached hydrogens (tertiary/aromatic N) is 2. The monoisotopic (exact) mass is 431 g/mol. The summed E-state index contributed by atoms with van der Waals surface area (Å²) in [5.74, 6) is 0.234. The molecule has 29 heavy (non-hydrogen) atoms. The summed E-state index contributed by atoms with van der Waals surface area (Å²) >= 11 is 5.97. The molecule has 3 saturated heterocycles. The lowest BCUT2D eigenvalue weighted by Crippen LogP contribution is -2.69. The molecule has 0 radical (unpaired) electrons. The number of benzene rings is 1. The molecule has 0 saturated carbocycles. The number of halogens is 1. The van der Waals surface area contributed by atoms with Crippen LogP contribution in [0.25, 0.3) is 0 Å². The standard InChI is InChI=1S/C23H31ClN3OP/c1-16(22(25-3)11-17(2)24)5-4-6-23(28)27-19-12-20(27)15-26(14-19)13-18-7-9-21(29)10-8-18/h4-5,7-11,19-20,25H,6,12-15,29H2,1-3H3/b5-4+,17-11+,22-16-. The van der Waals surface area contributed by atoms with E-state index >= 15 is 0 Å². The minimum atomic E-state index is 0.234. The number of piperazine rings is 1. The molecule has 6 heteroatoms. The second-order valence-electron chi connectivity index (χ2n) is 7.96. The van der Waals surface area contributed by atoms with Crippen LogP contribution in [0.15, 0.2) is 58.8 Å². The van der Waals surface area contributed by atoms with Crippen LogP contribution in [0.3, 0.4) is 0 Å². The maximum absolute atomic E-state index is 12.7. The molecule has 1 aromatic carbocycles. The van der Waals surface area contributed by atoms with E-state index in [2.05, 4.69) is 48.6 Å². The predicted molar refractivity (Wildman–Crippen MR) is 125 cm³/mol. The molecule has 1 N–H and O–H groups in total. The van der Waals surface area contributed by atoms with Crippen molar-refractivity contribution in [2.45, 2.75) is 45.3 Å². The van der Waals surface area contributed by atoms with E-state index in [1.807, 2.05) is 39.1 Å². The summed E-state index contributed by atoms with van der Waals surface area (Å²) < 4.78 is 0. The minimum Gasteiger partial charge on any atom is -0.388 e. The van der Waals surface area contributed by atoms with Gasteiger partial charge >= 0.3 is 0 Å². The van der Waals surface area contributed by atoms with Crippen LogP contribution in [0.1, 0.15) is 32.3 Å². The SMILES string of the molecule is CNC(/C=C(\C)Cl)=C(C)\C=C\CC(=O)N1C2CC1CN(Cc1ccc(P)cc1)C2. The van der Waals surface area contributed by atoms with Gasteiger partial charge in [-0.2, -0.15) is 0 Å². The van der Waals surface area contributed by atoms with Gasteiger partial charge in [-0.25, -0.2) is 0 Å². The van der Waals surface area contributed by atoms with E-state index in [-0.39, 0.29) is 5.91 Å². The van der Waals surface area contributed by atoms with Crippen molar-refractivity contribution in [3.63, 3.8) is 0 Å². The van der Waals surface area contributed by atoms with Crippen molar-refractivity contribution in [3.05, 3.63) is 64.4 Å². The molecule has 2 bridgehead atoms. The molecule has 1 aromatic rings. The van der Waals surface area contributed by atoms with Crippen molar-refractivity contribution >= 4 is 32.1 Å². The highest BCUT2D eigenvalue weighted by Gasteiger charge is 2.46. The highest BCUT2D eigenvalue weighted by Crippen LogP contribution is 2.33. The number of fused-ring (bicyclic) bond motifs is 2. The Morgan fingerprint density at radius 1 is 1.24 bits per heavy atom. The Kier molecular flexibility index (Phi) is 7.56. The van der Waals surface area contributed by atoms with Gasteiger partial charge in [0.2, 0.25) is 5.91 Å². The number of piperidine rings is 1. The molecule has 0 spiro atoms. The van der Waals surface area contributed by atoms with Gasteiger partial charge in [0.15, 0.2) is 0 Å². The van der Waals surface area contributed by atoms with Crippen LogP contribution in [0, 0.1) is 0 Å². The van der Waals surface area contributed by atoms with Crippen molar-refractivity contribution < 1.29 is 4.79 Å². The average molecular weight is 432 g/mol. The Hall–Kier alpha value is -1.61. The zero-order valence-corrected chi connectivity index (χ0v) is 19.4. The summed E-state index contributed by atoms with van der Waals surface area (Å²) in [7, 11) is 4.60. The number of likely N-dealkylation sites (N-methyl/N-ethyl adjacent to an activating group) is 1. The number of carbonyl (C=O) groups is 1. The summed E-state index contributed by atoms with van der Waals surface area (Å²) in [5.41, 5.74) is 3.36. The molecule has 3 unspecified atom stereocenters. The number of hydrogen-bond donors (Lipinski definition) is 1. The number of amides is 1. The summed E-state index contributed by atoms with van der Waals surface area (Å²) in [6, 6.07) is 9.36. The fourth-order valence-electron chi connectivity index (χ4n) is 4.23. The molecule has 156 valence electrons. The first-order valence-electron chi connectivity index (χ1n) is 10.1. The van der Waals surface area contributed by atoms with E-state index in [1.54, 1.807) is 0 Å². The van der Waals surface area contributed by atoms with Crippen LogP contribution < -0.4 is 10.6 Å². The van der Waals surface area contributed by atoms with Crippen molar-refractivity contribution in [3.8, 4) is 0 Å². The number of rotatable bonds is 7. The lowest BCUT2D eigenvalue weighted by Gasteiger charge is -2.56. The first-order valence-corrected chi connectivity index (χ1v) is 11.1. The largest absolute Gasteiger partial charge is 0.388 e. The van der Waals surface area contributed by atoms with E-state index < -0.39 is 0 Å². The second kappa shape index (κ2) is 9.93. The highest BCUT2D eigenvalue weighted by atomic mass is 35.5. The Morgan fingerprint density at radius 2 is 1.90 bits per heavy atom. The molecule has 3 aliphatic rings. The number of hydrogen-bond acceptors (Lipinski definition) is 3. The Balaban J connectivity index is 1.51. The molecular weight excluding hydrogens is 401 g/mol. The quantitative estimate of drug-likeness (QED) is 0.529. The van der Waals surface area contributed by atoms with Gasteiger partial charge in [0.1, 0.15) is 0 Å². The summed E-state index contributed by atoms with van der Waals surface area (Å²) in [6.07, 6.45) is 7.43. The molecule has 4 nitrogen and oxygen atoms in total. The molecule has 3 heterocycles. The molecular formula is C23H31ClN3OP. The second-order valence-corrected chi connectivity index (χ2v) is 9.23. The number of nitrogens with one attached hydrogen (secondary N) is 1. The van der Waals surface area contributed by atoms with E-state index in [9.17, 15) is 4.79 Å². The molecule has 0 aromatic heterocycles. The summed E-state index contributed by atoms with van der Waals surface area (Å²) in [4.78, 5) is 17.3. The third-order valence-corrected chi connectivity index (χ3v) is 6.13. The molecule has 3 aliphatic heterocycles. The van der Waals surface area contributed by atoms with Gasteiger partial charge in [-0.15, -0.1) is 9.24 Å². The van der Waals surface area contributed by atoms with E-state index in [1.165, 1.54) is 10.9 Å². The lowest BCUT2D eigenvalue weighted by atomic mass is 9.86. The van der Waals surface area contributed by atoms with Crippen LogP contribution in [-0.4, -0.2) is 47.9 Å². The Labute approximate surface area is 181 Å². The van der Waals surface area contributed by atoms with Gasteiger partial charge in [0, 0.05) is 55.9 Å². The number of allylic oxidation sites excluding steroid dienone is 4. The normalized spacial score (nSPS) is 23.1.